The summed E-state index contributed by atoms with van der Waals surface area (Å²) in [5.74, 6) is 1.51. The van der Waals surface area contributed by atoms with E-state index in [1.54, 1.807) is 0 Å². The number of aryl methyl sites for hydroxylation is 1. The first-order valence-corrected chi connectivity index (χ1v) is 7.91. The lowest BCUT2D eigenvalue weighted by atomic mass is 10.1. The van der Waals surface area contributed by atoms with Gasteiger partial charge in [-0.25, -0.2) is 0 Å². The summed E-state index contributed by atoms with van der Waals surface area (Å²) < 4.78 is 11.2. The number of hydrazone groups is 1. The van der Waals surface area contributed by atoms with Crippen LogP contribution in [-0.2, 0) is 0 Å². The second kappa shape index (κ2) is 8.22. The quantitative estimate of drug-likeness (QED) is 0.599. The normalized spacial score (nSPS) is 11.2. The number of benzene rings is 2. The van der Waals surface area contributed by atoms with Gasteiger partial charge < -0.3 is 9.47 Å². The topological polar surface area (TPSA) is 42.8 Å². The van der Waals surface area contributed by atoms with E-state index in [1.807, 2.05) is 51.1 Å². The van der Waals surface area contributed by atoms with Gasteiger partial charge in [-0.15, -0.1) is 0 Å². The highest BCUT2D eigenvalue weighted by atomic mass is 16.5. The Kier molecular flexibility index (Phi) is 6.03. The second-order valence-corrected chi connectivity index (χ2v) is 5.20. The molecule has 0 bridgehead atoms. The van der Waals surface area contributed by atoms with Crippen molar-refractivity contribution in [2.24, 2.45) is 5.10 Å². The van der Waals surface area contributed by atoms with E-state index in [0.717, 1.165) is 28.5 Å². The highest BCUT2D eigenvalue weighted by Crippen LogP contribution is 2.28. The third kappa shape index (κ3) is 4.74. The van der Waals surface area contributed by atoms with Crippen LogP contribution in [0, 0.1) is 6.92 Å². The van der Waals surface area contributed by atoms with Crippen molar-refractivity contribution in [3.63, 3.8) is 0 Å². The molecular formula is C19H24N2O2. The zero-order valence-corrected chi connectivity index (χ0v) is 14.2. The Hall–Kier alpha value is -2.49. The molecule has 0 aliphatic rings. The highest BCUT2D eigenvalue weighted by molar-refractivity contribution is 5.99. The fourth-order valence-corrected chi connectivity index (χ4v) is 2.12. The molecule has 0 aliphatic heterocycles. The van der Waals surface area contributed by atoms with E-state index in [-0.39, 0.29) is 0 Å². The number of hydrogen-bond donors (Lipinski definition) is 1. The first kappa shape index (κ1) is 16.9. The predicted octanol–water partition coefficient (Wildman–Crippen LogP) is 4.63. The van der Waals surface area contributed by atoms with E-state index in [0.29, 0.717) is 13.2 Å². The summed E-state index contributed by atoms with van der Waals surface area (Å²) in [6, 6.07) is 14.0. The molecule has 0 atom stereocenters. The summed E-state index contributed by atoms with van der Waals surface area (Å²) >= 11 is 0. The van der Waals surface area contributed by atoms with E-state index in [4.69, 9.17) is 9.47 Å². The maximum Gasteiger partial charge on any atom is 0.161 e. The van der Waals surface area contributed by atoms with Crippen LogP contribution in [0.1, 0.15) is 31.9 Å². The van der Waals surface area contributed by atoms with Crippen molar-refractivity contribution in [3.8, 4) is 11.5 Å². The largest absolute Gasteiger partial charge is 0.490 e. The van der Waals surface area contributed by atoms with Crippen LogP contribution in [0.5, 0.6) is 11.5 Å². The lowest BCUT2D eigenvalue weighted by Gasteiger charge is -2.12. The van der Waals surface area contributed by atoms with Crippen LogP contribution < -0.4 is 14.9 Å². The molecule has 2 rings (SSSR count). The molecule has 0 fully saturated rings. The first-order chi connectivity index (χ1) is 11.1. The number of ether oxygens (including phenoxy) is 2. The molecule has 0 radical (unpaired) electrons. The van der Waals surface area contributed by atoms with Crippen molar-refractivity contribution >= 4 is 11.4 Å². The van der Waals surface area contributed by atoms with E-state index >= 15 is 0 Å². The van der Waals surface area contributed by atoms with Crippen molar-refractivity contribution in [2.75, 3.05) is 18.6 Å². The molecule has 1 N–H and O–H groups in total. The molecule has 0 aliphatic carbocycles. The summed E-state index contributed by atoms with van der Waals surface area (Å²) in [5.41, 5.74) is 7.15. The minimum atomic E-state index is 0.599. The van der Waals surface area contributed by atoms with E-state index in [2.05, 4.69) is 29.6 Å². The fourth-order valence-electron chi connectivity index (χ4n) is 2.12. The van der Waals surface area contributed by atoms with E-state index in [9.17, 15) is 0 Å². The van der Waals surface area contributed by atoms with Gasteiger partial charge in [0.25, 0.3) is 0 Å². The van der Waals surface area contributed by atoms with Crippen molar-refractivity contribution in [1.82, 2.24) is 0 Å². The van der Waals surface area contributed by atoms with Gasteiger partial charge in [-0.3, -0.25) is 5.43 Å². The van der Waals surface area contributed by atoms with Gasteiger partial charge >= 0.3 is 0 Å². The van der Waals surface area contributed by atoms with E-state index < -0.39 is 0 Å². The summed E-state index contributed by atoms with van der Waals surface area (Å²) in [5, 5.41) is 4.44. The number of hydrogen-bond acceptors (Lipinski definition) is 4. The Labute approximate surface area is 138 Å². The van der Waals surface area contributed by atoms with Crippen LogP contribution in [0.25, 0.3) is 0 Å². The Balaban J connectivity index is 2.17. The number of nitrogens with zero attached hydrogens (tertiary/aromatic N) is 1. The lowest BCUT2D eigenvalue weighted by molar-refractivity contribution is 0.287. The standard InChI is InChI=1S/C19H24N2O2/c1-5-22-18-12-9-16(13-19(18)23-6-2)15(4)20-21-17-10-7-14(3)8-11-17/h7-13,21H,5-6H2,1-4H3/b20-15-. The zero-order chi connectivity index (χ0) is 16.7. The molecule has 0 saturated carbocycles. The predicted molar refractivity (Wildman–Crippen MR) is 95.8 cm³/mol. The molecule has 2 aromatic carbocycles. The van der Waals surface area contributed by atoms with Crippen molar-refractivity contribution in [3.05, 3.63) is 53.6 Å². The van der Waals surface area contributed by atoms with Gasteiger partial charge in [0.15, 0.2) is 11.5 Å². The Morgan fingerprint density at radius 2 is 1.61 bits per heavy atom. The number of anilines is 1. The molecule has 0 aromatic heterocycles. The maximum absolute atomic E-state index is 5.66. The maximum atomic E-state index is 5.66. The third-order valence-corrected chi connectivity index (χ3v) is 3.37. The van der Waals surface area contributed by atoms with Crippen LogP contribution in [-0.4, -0.2) is 18.9 Å². The molecule has 0 amide bonds. The van der Waals surface area contributed by atoms with Gasteiger partial charge in [0.05, 0.1) is 24.6 Å². The van der Waals surface area contributed by atoms with Gasteiger partial charge in [0, 0.05) is 5.56 Å². The zero-order valence-electron chi connectivity index (χ0n) is 14.2. The monoisotopic (exact) mass is 312 g/mol. The van der Waals surface area contributed by atoms with Gasteiger partial charge in [-0.1, -0.05) is 17.7 Å². The smallest absolute Gasteiger partial charge is 0.161 e. The number of nitrogens with one attached hydrogen (secondary N) is 1. The molecular weight excluding hydrogens is 288 g/mol. The van der Waals surface area contributed by atoms with Gasteiger partial charge in [-0.05, 0) is 58.0 Å². The minimum Gasteiger partial charge on any atom is -0.490 e. The van der Waals surface area contributed by atoms with Crippen LogP contribution in [0.2, 0.25) is 0 Å². The van der Waals surface area contributed by atoms with Crippen molar-refractivity contribution in [1.29, 1.82) is 0 Å². The molecule has 2 aromatic rings. The third-order valence-electron chi connectivity index (χ3n) is 3.37. The van der Waals surface area contributed by atoms with E-state index in [1.165, 1.54) is 5.56 Å². The molecule has 0 unspecified atom stereocenters. The molecule has 4 nitrogen and oxygen atoms in total. The summed E-state index contributed by atoms with van der Waals surface area (Å²) in [6.45, 7) is 9.16. The molecule has 122 valence electrons. The van der Waals surface area contributed by atoms with Crippen LogP contribution >= 0.6 is 0 Å². The highest BCUT2D eigenvalue weighted by Gasteiger charge is 2.08. The van der Waals surface area contributed by atoms with Crippen LogP contribution in [0.3, 0.4) is 0 Å². The summed E-state index contributed by atoms with van der Waals surface area (Å²) in [6.07, 6.45) is 0. The average molecular weight is 312 g/mol. The lowest BCUT2D eigenvalue weighted by Crippen LogP contribution is -2.03. The first-order valence-electron chi connectivity index (χ1n) is 7.91. The molecule has 0 spiro atoms. The Morgan fingerprint density at radius 1 is 0.957 bits per heavy atom. The number of rotatable bonds is 7. The van der Waals surface area contributed by atoms with Crippen molar-refractivity contribution in [2.45, 2.75) is 27.7 Å². The second-order valence-electron chi connectivity index (χ2n) is 5.20. The van der Waals surface area contributed by atoms with Crippen molar-refractivity contribution < 1.29 is 9.47 Å². The summed E-state index contributed by atoms with van der Waals surface area (Å²) in [7, 11) is 0. The SMILES string of the molecule is CCOc1ccc(/C(C)=N\Nc2ccc(C)cc2)cc1OCC. The van der Waals surface area contributed by atoms with Crippen LogP contribution in [0.15, 0.2) is 47.6 Å². The molecule has 4 heteroatoms. The molecule has 23 heavy (non-hydrogen) atoms. The van der Waals surface area contributed by atoms with Gasteiger partial charge in [0.2, 0.25) is 0 Å². The Morgan fingerprint density at radius 3 is 2.26 bits per heavy atom. The summed E-state index contributed by atoms with van der Waals surface area (Å²) in [4.78, 5) is 0. The fraction of sp³-hybridized carbons (Fsp3) is 0.316. The van der Waals surface area contributed by atoms with Gasteiger partial charge in [0.1, 0.15) is 0 Å². The Bertz CT molecular complexity index is 664. The minimum absolute atomic E-state index is 0.599. The van der Waals surface area contributed by atoms with Crippen LogP contribution in [0.4, 0.5) is 5.69 Å². The average Bonchev–Trinajstić information content (AvgIpc) is 2.56. The van der Waals surface area contributed by atoms with Gasteiger partial charge in [-0.2, -0.15) is 5.10 Å². The molecule has 0 saturated heterocycles. The molecule has 0 heterocycles.